The quantitative estimate of drug-likeness (QED) is 0.665. The Kier molecular flexibility index (Phi) is 18.9. The summed E-state index contributed by atoms with van der Waals surface area (Å²) in [5.74, 6) is 1.52. The van der Waals surface area contributed by atoms with Gasteiger partial charge in [-0.1, -0.05) is 48.5 Å². The molecule has 0 aromatic heterocycles. The lowest BCUT2D eigenvalue weighted by Crippen LogP contribution is -2.40. The minimum absolute atomic E-state index is 0.119. The largest absolute Gasteiger partial charge is 0.393 e. The summed E-state index contributed by atoms with van der Waals surface area (Å²) < 4.78 is 5.43. The van der Waals surface area contributed by atoms with E-state index in [0.29, 0.717) is 23.4 Å². The van der Waals surface area contributed by atoms with Crippen LogP contribution >= 0.6 is 11.8 Å². The first-order chi connectivity index (χ1) is 11.1. The number of hydrogen-bond donors (Lipinski definition) is 2. The molecule has 2 fully saturated rings. The van der Waals surface area contributed by atoms with Crippen LogP contribution in [-0.4, -0.2) is 34.7 Å². The molecule has 3 nitrogen and oxygen atoms in total. The zero-order chi connectivity index (χ0) is 18.3. The maximum atomic E-state index is 9.91. The van der Waals surface area contributed by atoms with Gasteiger partial charge in [-0.15, -0.1) is 11.8 Å². The van der Waals surface area contributed by atoms with Gasteiger partial charge in [0, 0.05) is 12.1 Å². The number of aliphatic hydroxyl groups excluding tert-OH is 1. The van der Waals surface area contributed by atoms with Gasteiger partial charge in [0.1, 0.15) is 5.44 Å². The fourth-order valence-electron chi connectivity index (χ4n) is 2.82. The van der Waals surface area contributed by atoms with Crippen LogP contribution in [0.5, 0.6) is 0 Å². The van der Waals surface area contributed by atoms with Gasteiger partial charge in [0.15, 0.2) is 0 Å². The molecule has 1 aliphatic carbocycles. The Bertz CT molecular complexity index is 237. The first-order valence-corrected chi connectivity index (χ1v) is 10.9. The SMILES string of the molecule is CC.CC.CC.CC1CCC(NC(C)CC2OCS2)CC(O)C1. The lowest BCUT2D eigenvalue weighted by atomic mass is 10.0. The van der Waals surface area contributed by atoms with Crippen LogP contribution in [0.25, 0.3) is 0 Å². The predicted octanol–water partition coefficient (Wildman–Crippen LogP) is 5.42. The number of hydrogen-bond acceptors (Lipinski definition) is 4. The molecule has 0 amide bonds. The van der Waals surface area contributed by atoms with Gasteiger partial charge in [0.25, 0.3) is 0 Å². The van der Waals surface area contributed by atoms with E-state index in [-0.39, 0.29) is 6.10 Å². The first-order valence-electron chi connectivity index (χ1n) is 9.80. The number of ether oxygens (including phenoxy) is 1. The molecule has 0 spiro atoms. The molecular weight excluding hydrogens is 306 g/mol. The molecule has 0 bridgehead atoms. The van der Waals surface area contributed by atoms with Gasteiger partial charge in [-0.05, 0) is 44.9 Å². The van der Waals surface area contributed by atoms with Crippen LogP contribution in [0.4, 0.5) is 0 Å². The van der Waals surface area contributed by atoms with E-state index in [9.17, 15) is 5.11 Å². The Balaban J connectivity index is 0. The summed E-state index contributed by atoms with van der Waals surface area (Å²) >= 11 is 1.89. The van der Waals surface area contributed by atoms with Crippen molar-refractivity contribution >= 4 is 11.8 Å². The maximum Gasteiger partial charge on any atom is 0.108 e. The highest BCUT2D eigenvalue weighted by atomic mass is 32.2. The van der Waals surface area contributed by atoms with Crippen molar-refractivity contribution in [2.24, 2.45) is 5.92 Å². The van der Waals surface area contributed by atoms with Crippen molar-refractivity contribution in [2.75, 3.05) is 5.94 Å². The number of nitrogens with one attached hydrogen (secondary N) is 1. The predicted molar refractivity (Wildman–Crippen MR) is 106 cm³/mol. The average molecular weight is 350 g/mol. The molecule has 2 N–H and O–H groups in total. The van der Waals surface area contributed by atoms with E-state index in [2.05, 4.69) is 19.2 Å². The number of thioether (sulfide) groups is 1. The summed E-state index contributed by atoms with van der Waals surface area (Å²) in [4.78, 5) is 0. The zero-order valence-electron chi connectivity index (χ0n) is 16.9. The van der Waals surface area contributed by atoms with Crippen LogP contribution in [0.15, 0.2) is 0 Å². The molecule has 1 saturated carbocycles. The van der Waals surface area contributed by atoms with Gasteiger partial charge in [-0.2, -0.15) is 0 Å². The number of rotatable bonds is 4. The molecule has 23 heavy (non-hydrogen) atoms. The van der Waals surface area contributed by atoms with E-state index in [0.717, 1.165) is 25.2 Å². The molecule has 1 heterocycles. The molecular formula is C19H43NO2S. The molecule has 142 valence electrons. The molecule has 5 atom stereocenters. The monoisotopic (exact) mass is 349 g/mol. The number of aliphatic hydroxyl groups is 1. The highest BCUT2D eigenvalue weighted by molar-refractivity contribution is 8.00. The van der Waals surface area contributed by atoms with Crippen molar-refractivity contribution in [2.45, 2.75) is 111 Å². The minimum Gasteiger partial charge on any atom is -0.393 e. The third kappa shape index (κ3) is 12.3. The van der Waals surface area contributed by atoms with Gasteiger partial charge in [0.05, 0.1) is 12.0 Å². The lowest BCUT2D eigenvalue weighted by molar-refractivity contribution is 0.104. The second-order valence-corrected chi connectivity index (χ2v) is 6.78. The Morgan fingerprint density at radius 1 is 1.09 bits per heavy atom. The van der Waals surface area contributed by atoms with E-state index in [1.165, 1.54) is 12.8 Å². The summed E-state index contributed by atoms with van der Waals surface area (Å²) in [5.41, 5.74) is 0.395. The van der Waals surface area contributed by atoms with Gasteiger partial charge < -0.3 is 15.2 Å². The normalized spacial score (nSPS) is 30.7. The zero-order valence-corrected chi connectivity index (χ0v) is 17.7. The van der Waals surface area contributed by atoms with E-state index >= 15 is 0 Å². The molecule has 4 heteroatoms. The van der Waals surface area contributed by atoms with Crippen LogP contribution in [0.1, 0.15) is 87.5 Å². The fourth-order valence-corrected chi connectivity index (χ4v) is 3.57. The van der Waals surface area contributed by atoms with Crippen molar-refractivity contribution < 1.29 is 9.84 Å². The Hall–Kier alpha value is 0.230. The van der Waals surface area contributed by atoms with Crippen molar-refractivity contribution in [3.8, 4) is 0 Å². The summed E-state index contributed by atoms with van der Waals surface area (Å²) in [6.07, 6.45) is 5.26. The third-order valence-corrected chi connectivity index (χ3v) is 4.79. The van der Waals surface area contributed by atoms with E-state index in [1.54, 1.807) is 0 Å². The Morgan fingerprint density at radius 3 is 2.13 bits per heavy atom. The smallest absolute Gasteiger partial charge is 0.108 e. The van der Waals surface area contributed by atoms with Gasteiger partial charge in [-0.25, -0.2) is 0 Å². The molecule has 0 aromatic carbocycles. The van der Waals surface area contributed by atoms with Gasteiger partial charge in [-0.3, -0.25) is 0 Å². The second kappa shape index (κ2) is 17.1. The van der Waals surface area contributed by atoms with Crippen LogP contribution in [0.2, 0.25) is 0 Å². The minimum atomic E-state index is -0.119. The highest BCUT2D eigenvalue weighted by Gasteiger charge is 2.26. The first kappa shape index (κ1) is 25.5. The molecule has 2 aliphatic rings. The third-order valence-electron chi connectivity index (χ3n) is 3.81. The topological polar surface area (TPSA) is 41.5 Å². The maximum absolute atomic E-state index is 9.91. The highest BCUT2D eigenvalue weighted by Crippen LogP contribution is 2.29. The summed E-state index contributed by atoms with van der Waals surface area (Å²) in [5, 5.41) is 13.6. The van der Waals surface area contributed by atoms with Crippen LogP contribution in [0.3, 0.4) is 0 Å². The molecule has 2 rings (SSSR count). The Labute approximate surface area is 150 Å². The van der Waals surface area contributed by atoms with Crippen LogP contribution < -0.4 is 5.32 Å². The summed E-state index contributed by atoms with van der Waals surface area (Å²) in [6, 6.07) is 0.966. The molecule has 0 aromatic rings. The van der Waals surface area contributed by atoms with Crippen LogP contribution in [-0.2, 0) is 4.74 Å². The van der Waals surface area contributed by atoms with Crippen LogP contribution in [0, 0.1) is 5.92 Å². The van der Waals surface area contributed by atoms with Gasteiger partial charge in [0.2, 0.25) is 0 Å². The average Bonchev–Trinajstić information content (AvgIpc) is 2.69. The van der Waals surface area contributed by atoms with Crippen molar-refractivity contribution in [1.29, 1.82) is 0 Å². The lowest BCUT2D eigenvalue weighted by Gasteiger charge is -2.30. The van der Waals surface area contributed by atoms with E-state index < -0.39 is 0 Å². The fraction of sp³-hybridized carbons (Fsp3) is 1.00. The van der Waals surface area contributed by atoms with Crippen molar-refractivity contribution in [3.63, 3.8) is 0 Å². The van der Waals surface area contributed by atoms with E-state index in [1.807, 2.05) is 53.3 Å². The molecule has 5 unspecified atom stereocenters. The standard InChI is InChI=1S/C13H25NO2S.3C2H6/c1-9-3-4-11(7-12(15)5-9)14-10(2)6-13-16-8-17-13;3*1-2/h9-15H,3-8H2,1-2H3;3*1-2H3. The van der Waals surface area contributed by atoms with Crippen molar-refractivity contribution in [3.05, 3.63) is 0 Å². The van der Waals surface area contributed by atoms with E-state index in [4.69, 9.17) is 4.74 Å². The molecule has 1 saturated heterocycles. The molecule has 1 aliphatic heterocycles. The molecule has 0 radical (unpaired) electrons. The summed E-state index contributed by atoms with van der Waals surface area (Å²) in [7, 11) is 0. The summed E-state index contributed by atoms with van der Waals surface area (Å²) in [6.45, 7) is 16.5. The Morgan fingerprint density at radius 2 is 1.65 bits per heavy atom. The second-order valence-electron chi connectivity index (χ2n) is 5.69. The van der Waals surface area contributed by atoms with Crippen molar-refractivity contribution in [1.82, 2.24) is 5.32 Å². The van der Waals surface area contributed by atoms with Gasteiger partial charge >= 0.3 is 0 Å².